The molecule has 5 nitrogen and oxygen atoms in total. The number of amides is 1. The third-order valence-corrected chi connectivity index (χ3v) is 5.45. The minimum atomic E-state index is -0.135. The summed E-state index contributed by atoms with van der Waals surface area (Å²) in [5, 5.41) is 6.16. The Labute approximate surface area is 182 Å². The summed E-state index contributed by atoms with van der Waals surface area (Å²) in [5.74, 6) is 1.40. The molecule has 0 aliphatic heterocycles. The Morgan fingerprint density at radius 3 is 2.40 bits per heavy atom. The van der Waals surface area contributed by atoms with E-state index in [0.717, 1.165) is 33.1 Å². The van der Waals surface area contributed by atoms with Gasteiger partial charge in [0.05, 0.1) is 36.4 Å². The molecule has 0 aliphatic carbocycles. The monoisotopic (exact) mass is 424 g/mol. The number of hydrogen-bond acceptors (Lipinski definition) is 5. The predicted molar refractivity (Wildman–Crippen MR) is 121 cm³/mol. The van der Waals surface area contributed by atoms with E-state index in [-0.39, 0.29) is 11.9 Å². The first kappa shape index (κ1) is 21.8. The second-order valence-electron chi connectivity index (χ2n) is 6.99. The molecule has 158 valence electrons. The SMILES string of the molecule is CCOc1ccc(C(C)NC(=O)Cc2ccc(-c3csc(C)n3)cc2)cc1OCC. The van der Waals surface area contributed by atoms with Crippen molar-refractivity contribution in [3.8, 4) is 22.8 Å². The largest absolute Gasteiger partial charge is 0.490 e. The van der Waals surface area contributed by atoms with Gasteiger partial charge in [-0.3, -0.25) is 4.79 Å². The molecule has 0 fully saturated rings. The van der Waals surface area contributed by atoms with Crippen LogP contribution in [-0.2, 0) is 11.2 Å². The number of rotatable bonds is 9. The summed E-state index contributed by atoms with van der Waals surface area (Å²) in [5.41, 5.74) is 3.99. The number of carbonyl (C=O) groups is 1. The van der Waals surface area contributed by atoms with Gasteiger partial charge in [-0.2, -0.15) is 0 Å². The van der Waals surface area contributed by atoms with Gasteiger partial charge in [0, 0.05) is 10.9 Å². The van der Waals surface area contributed by atoms with Crippen LogP contribution in [0.3, 0.4) is 0 Å². The maximum Gasteiger partial charge on any atom is 0.224 e. The van der Waals surface area contributed by atoms with Crippen molar-refractivity contribution < 1.29 is 14.3 Å². The van der Waals surface area contributed by atoms with Gasteiger partial charge >= 0.3 is 0 Å². The van der Waals surface area contributed by atoms with Crippen molar-refractivity contribution in [3.63, 3.8) is 0 Å². The van der Waals surface area contributed by atoms with E-state index in [1.807, 2.05) is 75.5 Å². The fraction of sp³-hybridized carbons (Fsp3) is 0.333. The number of aromatic nitrogens is 1. The van der Waals surface area contributed by atoms with Crippen LogP contribution in [0.4, 0.5) is 0 Å². The second kappa shape index (κ2) is 10.3. The molecular formula is C24H28N2O3S. The Kier molecular flexibility index (Phi) is 7.46. The molecule has 0 saturated carbocycles. The Morgan fingerprint density at radius 2 is 1.77 bits per heavy atom. The Balaban J connectivity index is 1.62. The quantitative estimate of drug-likeness (QED) is 0.504. The maximum atomic E-state index is 12.6. The van der Waals surface area contributed by atoms with Crippen molar-refractivity contribution in [2.75, 3.05) is 13.2 Å². The summed E-state index contributed by atoms with van der Waals surface area (Å²) >= 11 is 1.63. The summed E-state index contributed by atoms with van der Waals surface area (Å²) < 4.78 is 11.3. The predicted octanol–water partition coefficient (Wildman–Crippen LogP) is 5.34. The van der Waals surface area contributed by atoms with Crippen LogP contribution in [0.5, 0.6) is 11.5 Å². The van der Waals surface area contributed by atoms with Gasteiger partial charge in [-0.1, -0.05) is 30.3 Å². The van der Waals surface area contributed by atoms with Gasteiger partial charge in [0.15, 0.2) is 11.5 Å². The molecule has 1 unspecified atom stereocenters. The van der Waals surface area contributed by atoms with Crippen LogP contribution in [0.25, 0.3) is 11.3 Å². The zero-order chi connectivity index (χ0) is 21.5. The number of benzene rings is 2. The summed E-state index contributed by atoms with van der Waals surface area (Å²) in [7, 11) is 0. The third kappa shape index (κ3) is 5.60. The molecule has 30 heavy (non-hydrogen) atoms. The Hall–Kier alpha value is -2.86. The van der Waals surface area contributed by atoms with E-state index in [1.165, 1.54) is 0 Å². The molecule has 1 amide bonds. The lowest BCUT2D eigenvalue weighted by Crippen LogP contribution is -2.28. The minimum absolute atomic E-state index is 0.0217. The molecule has 1 aromatic heterocycles. The van der Waals surface area contributed by atoms with Crippen molar-refractivity contribution in [1.82, 2.24) is 10.3 Å². The van der Waals surface area contributed by atoms with Crippen LogP contribution in [0.2, 0.25) is 0 Å². The lowest BCUT2D eigenvalue weighted by Gasteiger charge is -2.17. The van der Waals surface area contributed by atoms with Crippen LogP contribution in [0.1, 0.15) is 42.9 Å². The highest BCUT2D eigenvalue weighted by molar-refractivity contribution is 7.09. The van der Waals surface area contributed by atoms with Crippen molar-refractivity contribution in [2.45, 2.75) is 40.2 Å². The Bertz CT molecular complexity index is 982. The lowest BCUT2D eigenvalue weighted by atomic mass is 10.1. The average molecular weight is 425 g/mol. The molecule has 2 aromatic carbocycles. The molecule has 0 radical (unpaired) electrons. The summed E-state index contributed by atoms with van der Waals surface area (Å²) in [4.78, 5) is 17.1. The van der Waals surface area contributed by atoms with E-state index >= 15 is 0 Å². The smallest absolute Gasteiger partial charge is 0.224 e. The van der Waals surface area contributed by atoms with Crippen LogP contribution in [0.15, 0.2) is 47.8 Å². The topological polar surface area (TPSA) is 60.5 Å². The highest BCUT2D eigenvalue weighted by atomic mass is 32.1. The first-order chi connectivity index (χ1) is 14.5. The number of ether oxygens (including phenoxy) is 2. The number of thiazole rings is 1. The van der Waals surface area contributed by atoms with Gasteiger partial charge in [-0.15, -0.1) is 11.3 Å². The molecule has 0 spiro atoms. The molecule has 1 heterocycles. The normalized spacial score (nSPS) is 11.7. The molecule has 3 rings (SSSR count). The molecule has 3 aromatic rings. The fourth-order valence-corrected chi connectivity index (χ4v) is 3.81. The number of aryl methyl sites for hydroxylation is 1. The van der Waals surface area contributed by atoms with Crippen molar-refractivity contribution in [1.29, 1.82) is 0 Å². The van der Waals surface area contributed by atoms with Crippen LogP contribution in [-0.4, -0.2) is 24.1 Å². The minimum Gasteiger partial charge on any atom is -0.490 e. The first-order valence-corrected chi connectivity index (χ1v) is 11.1. The molecular weight excluding hydrogens is 396 g/mol. The fourth-order valence-electron chi connectivity index (χ4n) is 3.19. The standard InChI is InChI=1S/C24H28N2O3S/c1-5-28-22-12-11-20(14-23(22)29-6-2)16(3)25-24(27)13-18-7-9-19(10-8-18)21-15-30-17(4)26-21/h7-12,14-16H,5-6,13H2,1-4H3,(H,25,27). The summed E-state index contributed by atoms with van der Waals surface area (Å²) in [6, 6.07) is 13.7. The molecule has 0 aliphatic rings. The van der Waals surface area contributed by atoms with Gasteiger partial charge in [0.2, 0.25) is 5.91 Å². The van der Waals surface area contributed by atoms with Gasteiger partial charge in [0.1, 0.15) is 0 Å². The van der Waals surface area contributed by atoms with E-state index in [2.05, 4.69) is 10.3 Å². The number of carbonyl (C=O) groups excluding carboxylic acids is 1. The van der Waals surface area contributed by atoms with E-state index in [9.17, 15) is 4.79 Å². The molecule has 1 atom stereocenters. The second-order valence-corrected chi connectivity index (χ2v) is 8.05. The molecule has 0 bridgehead atoms. The van der Waals surface area contributed by atoms with Gasteiger partial charge < -0.3 is 14.8 Å². The van der Waals surface area contributed by atoms with E-state index in [1.54, 1.807) is 11.3 Å². The number of nitrogens with zero attached hydrogens (tertiary/aromatic N) is 1. The molecule has 6 heteroatoms. The lowest BCUT2D eigenvalue weighted by molar-refractivity contribution is -0.121. The van der Waals surface area contributed by atoms with Gasteiger partial charge in [0.25, 0.3) is 0 Å². The van der Waals surface area contributed by atoms with E-state index < -0.39 is 0 Å². The van der Waals surface area contributed by atoms with Crippen LogP contribution < -0.4 is 14.8 Å². The van der Waals surface area contributed by atoms with Crippen molar-refractivity contribution >= 4 is 17.2 Å². The zero-order valence-corrected chi connectivity index (χ0v) is 18.7. The Morgan fingerprint density at radius 1 is 1.07 bits per heavy atom. The molecule has 0 saturated heterocycles. The van der Waals surface area contributed by atoms with Crippen LogP contribution in [0, 0.1) is 6.92 Å². The first-order valence-electron chi connectivity index (χ1n) is 10.2. The number of nitrogens with one attached hydrogen (secondary N) is 1. The molecule has 1 N–H and O–H groups in total. The number of hydrogen-bond donors (Lipinski definition) is 1. The maximum absolute atomic E-state index is 12.6. The van der Waals surface area contributed by atoms with Gasteiger partial charge in [-0.05, 0) is 51.0 Å². The highest BCUT2D eigenvalue weighted by Gasteiger charge is 2.14. The van der Waals surface area contributed by atoms with E-state index in [0.29, 0.717) is 25.4 Å². The summed E-state index contributed by atoms with van der Waals surface area (Å²) in [6.45, 7) is 8.98. The summed E-state index contributed by atoms with van der Waals surface area (Å²) in [6.07, 6.45) is 0.329. The van der Waals surface area contributed by atoms with Crippen molar-refractivity contribution in [2.24, 2.45) is 0 Å². The van der Waals surface area contributed by atoms with Gasteiger partial charge in [-0.25, -0.2) is 4.98 Å². The highest BCUT2D eigenvalue weighted by Crippen LogP contribution is 2.30. The van der Waals surface area contributed by atoms with Crippen molar-refractivity contribution in [3.05, 3.63) is 64.0 Å². The van der Waals surface area contributed by atoms with E-state index in [4.69, 9.17) is 9.47 Å². The zero-order valence-electron chi connectivity index (χ0n) is 17.9. The van der Waals surface area contributed by atoms with Crippen LogP contribution >= 0.6 is 11.3 Å². The third-order valence-electron chi connectivity index (χ3n) is 4.68. The average Bonchev–Trinajstić information content (AvgIpc) is 3.16.